The molecule has 0 unspecified atom stereocenters. The number of hydrogen-bond donors (Lipinski definition) is 0. The van der Waals surface area contributed by atoms with E-state index in [-0.39, 0.29) is 17.5 Å². The Morgan fingerprint density at radius 3 is 2.73 bits per heavy atom. The lowest BCUT2D eigenvalue weighted by atomic mass is 9.94. The molecule has 1 saturated carbocycles. The van der Waals surface area contributed by atoms with Crippen molar-refractivity contribution in [2.24, 2.45) is 0 Å². The van der Waals surface area contributed by atoms with Gasteiger partial charge in [0, 0.05) is 25.6 Å². The van der Waals surface area contributed by atoms with E-state index in [4.69, 9.17) is 4.74 Å². The summed E-state index contributed by atoms with van der Waals surface area (Å²) in [6.45, 7) is 4.90. The molecule has 1 fully saturated rings. The van der Waals surface area contributed by atoms with E-state index < -0.39 is 12.1 Å². The van der Waals surface area contributed by atoms with E-state index in [1.807, 2.05) is 11.8 Å². The average Bonchev–Trinajstić information content (AvgIpc) is 3.23. The smallest absolute Gasteiger partial charge is 0.338 e. The first-order chi connectivity index (χ1) is 14.5. The number of carbonyl (C=O) groups is 2. The molecule has 0 saturated heterocycles. The molecule has 2 heterocycles. The molecule has 0 radical (unpaired) electrons. The highest BCUT2D eigenvalue weighted by atomic mass is 16.5. The summed E-state index contributed by atoms with van der Waals surface area (Å²) in [4.78, 5) is 44.6. The Kier molecular flexibility index (Phi) is 5.88. The molecule has 1 aromatic carbocycles. The van der Waals surface area contributed by atoms with Gasteiger partial charge >= 0.3 is 5.97 Å². The number of ether oxygens (including phenoxy) is 1. The van der Waals surface area contributed by atoms with Crippen LogP contribution in [0.25, 0.3) is 10.9 Å². The van der Waals surface area contributed by atoms with Crippen LogP contribution in [0.1, 0.15) is 68.6 Å². The molecule has 4 rings (SSSR count). The van der Waals surface area contributed by atoms with Crippen molar-refractivity contribution in [2.45, 2.75) is 77.5 Å². The third-order valence-electron chi connectivity index (χ3n) is 6.32. The molecule has 160 valence electrons. The first kappa shape index (κ1) is 20.6. The van der Waals surface area contributed by atoms with Gasteiger partial charge in [-0.25, -0.2) is 9.78 Å². The van der Waals surface area contributed by atoms with Gasteiger partial charge in [0.15, 0.2) is 6.10 Å². The Morgan fingerprint density at radius 1 is 1.23 bits per heavy atom. The predicted octanol–water partition coefficient (Wildman–Crippen LogP) is 3.07. The fourth-order valence-electron chi connectivity index (χ4n) is 4.71. The highest BCUT2D eigenvalue weighted by Crippen LogP contribution is 2.24. The summed E-state index contributed by atoms with van der Waals surface area (Å²) in [7, 11) is 0. The van der Waals surface area contributed by atoms with E-state index in [0.717, 1.165) is 44.3 Å². The number of fused-ring (bicyclic) bond motifs is 2. The van der Waals surface area contributed by atoms with Crippen molar-refractivity contribution in [2.75, 3.05) is 6.54 Å². The summed E-state index contributed by atoms with van der Waals surface area (Å²) < 4.78 is 7.20. The molecule has 1 aromatic heterocycles. The molecule has 1 aliphatic carbocycles. The lowest BCUT2D eigenvalue weighted by molar-refractivity contribution is -0.142. The Labute approximate surface area is 176 Å². The van der Waals surface area contributed by atoms with Gasteiger partial charge < -0.3 is 9.64 Å². The molecular weight excluding hydrogens is 382 g/mol. The zero-order chi connectivity index (χ0) is 21.3. The highest BCUT2D eigenvalue weighted by molar-refractivity contribution is 5.95. The topological polar surface area (TPSA) is 81.5 Å². The Bertz CT molecular complexity index is 1020. The maximum atomic E-state index is 12.9. The first-order valence-corrected chi connectivity index (χ1v) is 11.0. The van der Waals surface area contributed by atoms with Gasteiger partial charge in [-0.1, -0.05) is 19.3 Å². The zero-order valence-electron chi connectivity index (χ0n) is 17.7. The van der Waals surface area contributed by atoms with Crippen molar-refractivity contribution in [1.29, 1.82) is 0 Å². The summed E-state index contributed by atoms with van der Waals surface area (Å²) >= 11 is 0. The van der Waals surface area contributed by atoms with E-state index in [0.29, 0.717) is 29.6 Å². The quantitative estimate of drug-likeness (QED) is 0.707. The number of esters is 1. The molecule has 7 nitrogen and oxygen atoms in total. The van der Waals surface area contributed by atoms with Gasteiger partial charge in [0.1, 0.15) is 5.82 Å². The average molecular weight is 412 g/mol. The van der Waals surface area contributed by atoms with Crippen LogP contribution in [0.4, 0.5) is 0 Å². The molecule has 2 aromatic rings. The molecule has 1 aliphatic heterocycles. The number of likely N-dealkylation sites (N-methyl/N-ethyl adjacent to an activating group) is 1. The molecule has 0 spiro atoms. The zero-order valence-corrected chi connectivity index (χ0v) is 17.7. The maximum absolute atomic E-state index is 12.9. The van der Waals surface area contributed by atoms with Gasteiger partial charge in [0.25, 0.3) is 11.5 Å². The second kappa shape index (κ2) is 8.58. The third-order valence-corrected chi connectivity index (χ3v) is 6.32. The lowest BCUT2D eigenvalue weighted by Crippen LogP contribution is -2.46. The van der Waals surface area contributed by atoms with Crippen LogP contribution in [0, 0.1) is 0 Å². The number of benzene rings is 1. The normalized spacial score (nSPS) is 17.5. The van der Waals surface area contributed by atoms with Crippen LogP contribution in [0.15, 0.2) is 23.0 Å². The number of aryl methyl sites for hydroxylation is 1. The van der Waals surface area contributed by atoms with Gasteiger partial charge in [-0.2, -0.15) is 0 Å². The number of aromatic nitrogens is 2. The number of carbonyl (C=O) groups excluding carboxylic acids is 2. The highest BCUT2D eigenvalue weighted by Gasteiger charge is 2.29. The minimum atomic E-state index is -0.853. The Balaban J connectivity index is 1.50. The van der Waals surface area contributed by atoms with Gasteiger partial charge in [-0.05, 0) is 51.3 Å². The summed E-state index contributed by atoms with van der Waals surface area (Å²) in [6, 6.07) is 5.02. The Hall–Kier alpha value is -2.70. The van der Waals surface area contributed by atoms with Crippen molar-refractivity contribution in [3.8, 4) is 0 Å². The third kappa shape index (κ3) is 3.85. The largest absolute Gasteiger partial charge is 0.449 e. The molecule has 2 aliphatic rings. The van der Waals surface area contributed by atoms with Crippen LogP contribution in [-0.2, 0) is 22.5 Å². The van der Waals surface area contributed by atoms with Gasteiger partial charge in [0.05, 0.1) is 16.5 Å². The second-order valence-corrected chi connectivity index (χ2v) is 8.28. The van der Waals surface area contributed by atoms with Crippen LogP contribution in [0.5, 0.6) is 0 Å². The first-order valence-electron chi connectivity index (χ1n) is 11.0. The minimum absolute atomic E-state index is 0.0676. The molecular formula is C23H29N3O4. The number of amides is 1. The fourth-order valence-corrected chi connectivity index (χ4v) is 4.71. The molecule has 30 heavy (non-hydrogen) atoms. The molecule has 0 bridgehead atoms. The number of hydrogen-bond acceptors (Lipinski definition) is 5. The van der Waals surface area contributed by atoms with E-state index in [1.165, 1.54) is 6.42 Å². The minimum Gasteiger partial charge on any atom is -0.449 e. The summed E-state index contributed by atoms with van der Waals surface area (Å²) in [5, 5.41) is 0.496. The van der Waals surface area contributed by atoms with Crippen LogP contribution in [0.2, 0.25) is 0 Å². The van der Waals surface area contributed by atoms with E-state index >= 15 is 0 Å². The van der Waals surface area contributed by atoms with Crippen LogP contribution in [0.3, 0.4) is 0 Å². The number of rotatable bonds is 5. The van der Waals surface area contributed by atoms with Crippen molar-refractivity contribution in [3.63, 3.8) is 0 Å². The Morgan fingerprint density at radius 2 is 2.00 bits per heavy atom. The fraction of sp³-hybridized carbons (Fsp3) is 0.565. The predicted molar refractivity (Wildman–Crippen MR) is 113 cm³/mol. The van der Waals surface area contributed by atoms with Crippen molar-refractivity contribution in [3.05, 3.63) is 39.9 Å². The van der Waals surface area contributed by atoms with Gasteiger partial charge in [-0.15, -0.1) is 0 Å². The van der Waals surface area contributed by atoms with Gasteiger partial charge in [0.2, 0.25) is 0 Å². The summed E-state index contributed by atoms with van der Waals surface area (Å²) in [5.74, 6) is 0.0419. The van der Waals surface area contributed by atoms with Gasteiger partial charge in [-0.3, -0.25) is 14.2 Å². The van der Waals surface area contributed by atoms with E-state index in [9.17, 15) is 14.4 Å². The maximum Gasteiger partial charge on any atom is 0.338 e. The monoisotopic (exact) mass is 411 g/mol. The standard InChI is InChI=1S/C23H29N3O4/c1-3-25(17-8-5-4-6-9-17)21(27)15(2)30-23(29)16-11-12-18-19(14-16)24-20-10-7-13-26(20)22(18)28/h11-12,14-15,17H,3-10,13H2,1-2H3/t15-/m1/s1. The van der Waals surface area contributed by atoms with E-state index in [1.54, 1.807) is 29.7 Å². The molecule has 1 atom stereocenters. The summed E-state index contributed by atoms with van der Waals surface area (Å²) in [6.07, 6.45) is 6.32. The van der Waals surface area contributed by atoms with Crippen molar-refractivity contribution < 1.29 is 14.3 Å². The summed E-state index contributed by atoms with van der Waals surface area (Å²) in [5.41, 5.74) is 0.735. The van der Waals surface area contributed by atoms with E-state index in [2.05, 4.69) is 4.98 Å². The lowest BCUT2D eigenvalue weighted by Gasteiger charge is -2.35. The van der Waals surface area contributed by atoms with Crippen LogP contribution >= 0.6 is 0 Å². The molecule has 1 amide bonds. The molecule has 7 heteroatoms. The van der Waals surface area contributed by atoms with Crippen molar-refractivity contribution in [1.82, 2.24) is 14.5 Å². The van der Waals surface area contributed by atoms with Crippen LogP contribution in [-0.4, -0.2) is 45.0 Å². The second-order valence-electron chi connectivity index (χ2n) is 8.28. The van der Waals surface area contributed by atoms with Crippen LogP contribution < -0.4 is 5.56 Å². The van der Waals surface area contributed by atoms with Crippen molar-refractivity contribution >= 4 is 22.8 Å². The SMILES string of the molecule is CCN(C(=O)[C@@H](C)OC(=O)c1ccc2c(=O)n3c(nc2c1)CCC3)C1CCCCC1. The number of nitrogens with zero attached hydrogens (tertiary/aromatic N) is 3. The molecule has 0 N–H and O–H groups in total.